The molecule has 3 N–H and O–H groups in total. The van der Waals surface area contributed by atoms with E-state index in [0.29, 0.717) is 5.37 Å². The van der Waals surface area contributed by atoms with Crippen LogP contribution in [0.3, 0.4) is 0 Å². The van der Waals surface area contributed by atoms with E-state index in [1.54, 1.807) is 0 Å². The fraction of sp³-hybridized carbons (Fsp3) is 0.0769. The molecule has 0 amide bonds. The molecule has 2 nitrogen and oxygen atoms in total. The van der Waals surface area contributed by atoms with Gasteiger partial charge < -0.3 is 11.1 Å². The lowest BCUT2D eigenvalue weighted by Gasteiger charge is -2.10. The lowest BCUT2D eigenvalue weighted by Crippen LogP contribution is -2.00. The molecule has 1 atom stereocenters. The van der Waals surface area contributed by atoms with Crippen LogP contribution in [0.4, 0.5) is 11.4 Å². The summed E-state index contributed by atoms with van der Waals surface area (Å²) in [6.07, 6.45) is 0. The van der Waals surface area contributed by atoms with Crippen molar-refractivity contribution < 1.29 is 0 Å². The molecule has 0 radical (unpaired) electrons. The summed E-state index contributed by atoms with van der Waals surface area (Å²) in [6.45, 7) is 0. The maximum atomic E-state index is 5.68. The van der Waals surface area contributed by atoms with Crippen LogP contribution in [0.1, 0.15) is 10.9 Å². The molecule has 0 aliphatic carbocycles. The van der Waals surface area contributed by atoms with Crippen molar-refractivity contribution in [2.45, 2.75) is 10.3 Å². The molecule has 16 heavy (non-hydrogen) atoms. The quantitative estimate of drug-likeness (QED) is 0.734. The Balaban J connectivity index is 1.88. The highest BCUT2D eigenvalue weighted by molar-refractivity contribution is 8.00. The summed E-state index contributed by atoms with van der Waals surface area (Å²) in [7, 11) is 0. The van der Waals surface area contributed by atoms with E-state index >= 15 is 0 Å². The number of nitrogens with one attached hydrogen (secondary N) is 1. The highest BCUT2D eigenvalue weighted by Crippen LogP contribution is 2.46. The van der Waals surface area contributed by atoms with Crippen LogP contribution in [-0.4, -0.2) is 0 Å². The first-order chi connectivity index (χ1) is 7.83. The van der Waals surface area contributed by atoms with Gasteiger partial charge in [0.25, 0.3) is 0 Å². The van der Waals surface area contributed by atoms with Crippen molar-refractivity contribution in [3.63, 3.8) is 0 Å². The maximum absolute atomic E-state index is 5.68. The van der Waals surface area contributed by atoms with Crippen molar-refractivity contribution >= 4 is 23.1 Å². The molecular formula is C13H12N2S. The molecule has 80 valence electrons. The molecule has 0 bridgehead atoms. The van der Waals surface area contributed by atoms with Crippen molar-refractivity contribution in [1.82, 2.24) is 0 Å². The van der Waals surface area contributed by atoms with Gasteiger partial charge in [0, 0.05) is 16.3 Å². The second kappa shape index (κ2) is 3.76. The summed E-state index contributed by atoms with van der Waals surface area (Å²) >= 11 is 1.84. The molecule has 1 heterocycles. The van der Waals surface area contributed by atoms with Gasteiger partial charge in [-0.3, -0.25) is 0 Å². The van der Waals surface area contributed by atoms with Crippen LogP contribution >= 0.6 is 11.8 Å². The molecule has 1 aliphatic rings. The first-order valence-electron chi connectivity index (χ1n) is 5.20. The molecule has 0 fully saturated rings. The van der Waals surface area contributed by atoms with Crippen LogP contribution in [0.2, 0.25) is 0 Å². The highest BCUT2D eigenvalue weighted by Gasteiger charge is 2.21. The third-order valence-corrected chi connectivity index (χ3v) is 3.89. The van der Waals surface area contributed by atoms with Crippen molar-refractivity contribution in [2.24, 2.45) is 0 Å². The number of hydrogen-bond donors (Lipinski definition) is 2. The Labute approximate surface area is 98.9 Å². The first kappa shape index (κ1) is 9.60. The lowest BCUT2D eigenvalue weighted by atomic mass is 10.2. The number of nitrogen functional groups attached to an aromatic ring is 1. The van der Waals surface area contributed by atoms with Crippen LogP contribution in [0, 0.1) is 0 Å². The molecule has 2 aromatic rings. The number of thioether (sulfide) groups is 1. The van der Waals surface area contributed by atoms with E-state index in [-0.39, 0.29) is 0 Å². The van der Waals surface area contributed by atoms with E-state index in [9.17, 15) is 0 Å². The monoisotopic (exact) mass is 228 g/mol. The molecule has 0 saturated heterocycles. The second-order valence-electron chi connectivity index (χ2n) is 3.81. The Hall–Kier alpha value is -1.61. The zero-order chi connectivity index (χ0) is 11.0. The zero-order valence-electron chi connectivity index (χ0n) is 8.68. The van der Waals surface area contributed by atoms with Gasteiger partial charge in [0.2, 0.25) is 0 Å². The van der Waals surface area contributed by atoms with Crippen LogP contribution in [-0.2, 0) is 0 Å². The van der Waals surface area contributed by atoms with Crippen LogP contribution in [0.25, 0.3) is 0 Å². The molecule has 0 spiro atoms. The third kappa shape index (κ3) is 1.63. The Morgan fingerprint density at radius 2 is 1.75 bits per heavy atom. The van der Waals surface area contributed by atoms with Gasteiger partial charge in [0.05, 0.1) is 0 Å². The lowest BCUT2D eigenvalue weighted by molar-refractivity contribution is 1.13. The number of benzene rings is 2. The standard InChI is InChI=1S/C13H12N2S/c14-10-7-5-9(6-8-10)13-15-11-3-1-2-4-12(11)16-13/h1-8,13,15H,14H2. The van der Waals surface area contributed by atoms with E-state index in [1.165, 1.54) is 16.1 Å². The largest absolute Gasteiger partial charge is 0.399 e. The summed E-state index contributed by atoms with van der Waals surface area (Å²) in [6, 6.07) is 16.4. The zero-order valence-corrected chi connectivity index (χ0v) is 9.50. The molecule has 1 aliphatic heterocycles. The predicted octanol–water partition coefficient (Wildman–Crippen LogP) is 3.49. The minimum atomic E-state index is 0.304. The van der Waals surface area contributed by atoms with E-state index < -0.39 is 0 Å². The van der Waals surface area contributed by atoms with Crippen LogP contribution in [0.5, 0.6) is 0 Å². The van der Waals surface area contributed by atoms with E-state index in [2.05, 4.69) is 41.7 Å². The molecule has 0 aromatic heterocycles. The second-order valence-corrected chi connectivity index (χ2v) is 4.95. The average molecular weight is 228 g/mol. The minimum Gasteiger partial charge on any atom is -0.399 e. The number of anilines is 2. The number of nitrogens with two attached hydrogens (primary N) is 1. The third-order valence-electron chi connectivity index (χ3n) is 2.66. The van der Waals surface area contributed by atoms with E-state index in [4.69, 9.17) is 5.73 Å². The summed E-state index contributed by atoms with van der Waals surface area (Å²) in [5, 5.41) is 3.80. The van der Waals surface area contributed by atoms with Crippen LogP contribution < -0.4 is 11.1 Å². The Morgan fingerprint density at radius 1 is 1.00 bits per heavy atom. The van der Waals surface area contributed by atoms with Crippen LogP contribution in [0.15, 0.2) is 53.4 Å². The Bertz CT molecular complexity index is 483. The minimum absolute atomic E-state index is 0.304. The number of hydrogen-bond acceptors (Lipinski definition) is 3. The van der Waals surface area contributed by atoms with E-state index in [1.807, 2.05) is 23.9 Å². The van der Waals surface area contributed by atoms with E-state index in [0.717, 1.165) is 5.69 Å². The maximum Gasteiger partial charge on any atom is 0.103 e. The van der Waals surface area contributed by atoms with Gasteiger partial charge >= 0.3 is 0 Å². The van der Waals surface area contributed by atoms with Crippen molar-refractivity contribution in [1.29, 1.82) is 0 Å². The molecule has 0 saturated carbocycles. The van der Waals surface area contributed by atoms with Gasteiger partial charge in [-0.2, -0.15) is 0 Å². The number of rotatable bonds is 1. The molecule has 3 heteroatoms. The summed E-state index contributed by atoms with van der Waals surface area (Å²) in [5.74, 6) is 0. The molecular weight excluding hydrogens is 216 g/mol. The first-order valence-corrected chi connectivity index (χ1v) is 6.08. The summed E-state index contributed by atoms with van der Waals surface area (Å²) in [5.41, 5.74) is 8.97. The molecule has 3 rings (SSSR count). The fourth-order valence-corrected chi connectivity index (χ4v) is 2.95. The van der Waals surface area contributed by atoms with Gasteiger partial charge in [-0.05, 0) is 29.8 Å². The van der Waals surface area contributed by atoms with Crippen molar-refractivity contribution in [3.8, 4) is 0 Å². The Morgan fingerprint density at radius 3 is 2.50 bits per heavy atom. The summed E-state index contributed by atoms with van der Waals surface area (Å²) < 4.78 is 0. The SMILES string of the molecule is Nc1ccc(C2Nc3ccccc3S2)cc1. The smallest absolute Gasteiger partial charge is 0.103 e. The fourth-order valence-electron chi connectivity index (χ4n) is 1.81. The number of fused-ring (bicyclic) bond motifs is 1. The van der Waals surface area contributed by atoms with Gasteiger partial charge in [0.1, 0.15) is 5.37 Å². The topological polar surface area (TPSA) is 38.0 Å². The normalized spacial score (nSPS) is 17.9. The predicted molar refractivity (Wildman–Crippen MR) is 69.5 cm³/mol. The Kier molecular flexibility index (Phi) is 2.26. The van der Waals surface area contributed by atoms with Gasteiger partial charge in [0.15, 0.2) is 0 Å². The molecule has 2 aromatic carbocycles. The average Bonchev–Trinajstić information content (AvgIpc) is 2.73. The molecule has 1 unspecified atom stereocenters. The van der Waals surface area contributed by atoms with Gasteiger partial charge in [-0.1, -0.05) is 36.0 Å². The van der Waals surface area contributed by atoms with Crippen molar-refractivity contribution in [3.05, 3.63) is 54.1 Å². The van der Waals surface area contributed by atoms with Gasteiger partial charge in [-0.15, -0.1) is 0 Å². The van der Waals surface area contributed by atoms with Gasteiger partial charge in [-0.25, -0.2) is 0 Å². The number of para-hydroxylation sites is 1. The highest BCUT2D eigenvalue weighted by atomic mass is 32.2. The van der Waals surface area contributed by atoms with Crippen molar-refractivity contribution in [2.75, 3.05) is 11.1 Å². The summed E-state index contributed by atoms with van der Waals surface area (Å²) in [4.78, 5) is 1.31.